The van der Waals surface area contributed by atoms with Crippen molar-refractivity contribution in [3.05, 3.63) is 18.2 Å². The number of nitrogens with two attached hydrogens (primary N) is 1. The van der Waals surface area contributed by atoms with Crippen molar-refractivity contribution in [2.45, 2.75) is 32.7 Å². The van der Waals surface area contributed by atoms with Crippen LogP contribution < -0.4 is 10.5 Å². The molecule has 1 aromatic carbocycles. The average molecular weight is 287 g/mol. The minimum absolute atomic E-state index is 0.355. The number of hydrogen-bond acceptors (Lipinski definition) is 5. The van der Waals surface area contributed by atoms with Crippen LogP contribution >= 0.6 is 0 Å². The zero-order chi connectivity index (χ0) is 15.0. The molecule has 3 unspecified atom stereocenters. The van der Waals surface area contributed by atoms with Crippen molar-refractivity contribution in [2.24, 2.45) is 11.8 Å². The fraction of sp³-hybridized carbons (Fsp3) is 0.533. The molecule has 1 fully saturated rings. The van der Waals surface area contributed by atoms with Crippen LogP contribution in [-0.2, 0) is 0 Å². The summed E-state index contributed by atoms with van der Waals surface area (Å²) in [7, 11) is 1.61. The number of aromatic nitrogens is 4. The van der Waals surface area contributed by atoms with Crippen LogP contribution in [0.1, 0.15) is 32.7 Å². The van der Waals surface area contributed by atoms with Crippen LogP contribution in [0.2, 0.25) is 0 Å². The number of hydrogen-bond donors (Lipinski definition) is 1. The predicted octanol–water partition coefficient (Wildman–Crippen LogP) is 2.54. The van der Waals surface area contributed by atoms with E-state index in [4.69, 9.17) is 10.5 Å². The minimum atomic E-state index is 0.355. The van der Waals surface area contributed by atoms with E-state index in [1.54, 1.807) is 7.11 Å². The van der Waals surface area contributed by atoms with Gasteiger partial charge in [-0.15, -0.1) is 5.10 Å². The third kappa shape index (κ3) is 2.34. The molecule has 1 saturated carbocycles. The highest BCUT2D eigenvalue weighted by molar-refractivity contribution is 5.65. The van der Waals surface area contributed by atoms with Gasteiger partial charge in [0.2, 0.25) is 0 Å². The first-order valence-corrected chi connectivity index (χ1v) is 7.33. The molecule has 0 saturated heterocycles. The molecule has 1 heterocycles. The summed E-state index contributed by atoms with van der Waals surface area (Å²) in [5.74, 6) is 2.70. The Hall–Kier alpha value is -2.11. The van der Waals surface area contributed by atoms with E-state index >= 15 is 0 Å². The molecule has 3 atom stereocenters. The Morgan fingerprint density at radius 1 is 1.29 bits per heavy atom. The molecule has 2 N–H and O–H groups in total. The Labute approximate surface area is 124 Å². The Morgan fingerprint density at radius 3 is 2.76 bits per heavy atom. The van der Waals surface area contributed by atoms with Crippen LogP contribution in [0.3, 0.4) is 0 Å². The van der Waals surface area contributed by atoms with Gasteiger partial charge in [0.15, 0.2) is 5.82 Å². The molecule has 1 aromatic heterocycles. The Balaban J connectivity index is 1.99. The van der Waals surface area contributed by atoms with E-state index < -0.39 is 0 Å². The Bertz CT molecular complexity index is 639. The van der Waals surface area contributed by atoms with Gasteiger partial charge in [0.25, 0.3) is 0 Å². The third-order valence-corrected chi connectivity index (χ3v) is 4.72. The molecule has 2 aromatic rings. The highest BCUT2D eigenvalue weighted by Gasteiger charge is 2.33. The molecule has 3 rings (SSSR count). The summed E-state index contributed by atoms with van der Waals surface area (Å²) in [5.41, 5.74) is 7.41. The first kappa shape index (κ1) is 13.9. The van der Waals surface area contributed by atoms with Crippen molar-refractivity contribution in [3.8, 4) is 17.1 Å². The number of anilines is 1. The van der Waals surface area contributed by atoms with E-state index in [9.17, 15) is 0 Å². The van der Waals surface area contributed by atoms with Gasteiger partial charge in [0, 0.05) is 5.56 Å². The molecule has 6 nitrogen and oxygen atoms in total. The average Bonchev–Trinajstić information content (AvgIpc) is 3.08. The summed E-state index contributed by atoms with van der Waals surface area (Å²) in [4.78, 5) is 0. The Kier molecular flexibility index (Phi) is 3.53. The molecule has 0 amide bonds. The highest BCUT2D eigenvalue weighted by atomic mass is 16.5. The molecule has 6 heteroatoms. The summed E-state index contributed by atoms with van der Waals surface area (Å²) in [6, 6.07) is 6.01. The van der Waals surface area contributed by atoms with E-state index in [0.717, 1.165) is 17.8 Å². The van der Waals surface area contributed by atoms with Crippen molar-refractivity contribution in [2.75, 3.05) is 12.8 Å². The largest absolute Gasteiger partial charge is 0.495 e. The maximum atomic E-state index is 5.87. The fourth-order valence-corrected chi connectivity index (χ4v) is 3.14. The molecule has 0 aliphatic heterocycles. The number of ether oxygens (including phenoxy) is 1. The van der Waals surface area contributed by atoms with E-state index in [1.807, 2.05) is 22.9 Å². The molecule has 0 radical (unpaired) electrons. The maximum absolute atomic E-state index is 5.87. The van der Waals surface area contributed by atoms with E-state index in [2.05, 4.69) is 29.4 Å². The van der Waals surface area contributed by atoms with Crippen LogP contribution in [0.15, 0.2) is 18.2 Å². The quantitative estimate of drug-likeness (QED) is 0.878. The normalized spacial score (nSPS) is 25.2. The number of nitrogens with zero attached hydrogens (tertiary/aromatic N) is 4. The summed E-state index contributed by atoms with van der Waals surface area (Å²) < 4.78 is 7.24. The molecule has 21 heavy (non-hydrogen) atoms. The standard InChI is InChI=1S/C15H21N5O/c1-9-4-7-13(10(9)2)20-15(17-18-19-20)11-5-6-12(16)14(8-11)21-3/h5-6,8-10,13H,4,7,16H2,1-3H3. The number of benzene rings is 1. The van der Waals surface area contributed by atoms with Crippen molar-refractivity contribution in [1.82, 2.24) is 20.2 Å². The van der Waals surface area contributed by atoms with Crippen molar-refractivity contribution >= 4 is 5.69 Å². The van der Waals surface area contributed by atoms with Crippen molar-refractivity contribution in [3.63, 3.8) is 0 Å². The fourth-order valence-electron chi connectivity index (χ4n) is 3.14. The second-order valence-corrected chi connectivity index (χ2v) is 5.88. The van der Waals surface area contributed by atoms with Crippen molar-refractivity contribution in [1.29, 1.82) is 0 Å². The zero-order valence-electron chi connectivity index (χ0n) is 12.7. The van der Waals surface area contributed by atoms with Gasteiger partial charge >= 0.3 is 0 Å². The minimum Gasteiger partial charge on any atom is -0.495 e. The Morgan fingerprint density at radius 2 is 2.10 bits per heavy atom. The SMILES string of the molecule is COc1cc(-c2nnnn2C2CCC(C)C2C)ccc1N. The second kappa shape index (κ2) is 5.35. The molecule has 0 spiro atoms. The van der Waals surface area contributed by atoms with E-state index in [1.165, 1.54) is 6.42 Å². The molecular formula is C15H21N5O. The molecular weight excluding hydrogens is 266 g/mol. The van der Waals surface area contributed by atoms with Gasteiger partial charge in [-0.1, -0.05) is 13.8 Å². The summed E-state index contributed by atoms with van der Waals surface area (Å²) in [6.07, 6.45) is 2.34. The summed E-state index contributed by atoms with van der Waals surface area (Å²) in [5, 5.41) is 12.3. The number of nitrogen functional groups attached to an aromatic ring is 1. The van der Waals surface area contributed by atoms with Gasteiger partial charge in [-0.05, 0) is 53.3 Å². The lowest BCUT2D eigenvalue weighted by molar-refractivity contribution is 0.328. The van der Waals surface area contributed by atoms with Crippen LogP contribution in [0.5, 0.6) is 5.75 Å². The lowest BCUT2D eigenvalue weighted by Crippen LogP contribution is -2.17. The lowest BCUT2D eigenvalue weighted by Gasteiger charge is -2.19. The topological polar surface area (TPSA) is 78.9 Å². The van der Waals surface area contributed by atoms with Gasteiger partial charge in [0.1, 0.15) is 5.75 Å². The van der Waals surface area contributed by atoms with Crippen LogP contribution in [-0.4, -0.2) is 27.3 Å². The third-order valence-electron chi connectivity index (χ3n) is 4.72. The van der Waals surface area contributed by atoms with Gasteiger partial charge in [-0.3, -0.25) is 0 Å². The van der Waals surface area contributed by atoms with E-state index in [-0.39, 0.29) is 0 Å². The smallest absolute Gasteiger partial charge is 0.182 e. The molecule has 1 aliphatic rings. The first-order valence-electron chi connectivity index (χ1n) is 7.33. The van der Waals surface area contributed by atoms with Crippen molar-refractivity contribution < 1.29 is 4.74 Å². The van der Waals surface area contributed by atoms with Gasteiger partial charge in [-0.2, -0.15) is 0 Å². The van der Waals surface area contributed by atoms with Gasteiger partial charge < -0.3 is 10.5 Å². The van der Waals surface area contributed by atoms with Crippen LogP contribution in [0, 0.1) is 11.8 Å². The molecule has 112 valence electrons. The van der Waals surface area contributed by atoms with Crippen LogP contribution in [0.25, 0.3) is 11.4 Å². The number of tetrazole rings is 1. The van der Waals surface area contributed by atoms with Crippen LogP contribution in [0.4, 0.5) is 5.69 Å². The van der Waals surface area contributed by atoms with Gasteiger partial charge in [-0.25, -0.2) is 4.68 Å². The second-order valence-electron chi connectivity index (χ2n) is 5.88. The maximum Gasteiger partial charge on any atom is 0.182 e. The van der Waals surface area contributed by atoms with E-state index in [0.29, 0.717) is 29.3 Å². The monoisotopic (exact) mass is 287 g/mol. The number of rotatable bonds is 3. The summed E-state index contributed by atoms with van der Waals surface area (Å²) in [6.45, 7) is 4.57. The zero-order valence-corrected chi connectivity index (χ0v) is 12.7. The highest BCUT2D eigenvalue weighted by Crippen LogP contribution is 2.41. The predicted molar refractivity (Wildman–Crippen MR) is 80.8 cm³/mol. The number of methoxy groups -OCH3 is 1. The van der Waals surface area contributed by atoms with Gasteiger partial charge in [0.05, 0.1) is 18.8 Å². The molecule has 0 bridgehead atoms. The summed E-state index contributed by atoms with van der Waals surface area (Å²) >= 11 is 0. The lowest BCUT2D eigenvalue weighted by atomic mass is 9.98. The first-order chi connectivity index (χ1) is 10.1. The molecule has 1 aliphatic carbocycles.